The second kappa shape index (κ2) is 8.94. The Morgan fingerprint density at radius 3 is 2.42 bits per heavy atom. The van der Waals surface area contributed by atoms with Crippen molar-refractivity contribution in [2.45, 2.75) is 44.6 Å². The van der Waals surface area contributed by atoms with Gasteiger partial charge in [-0.3, -0.25) is 19.7 Å². The van der Waals surface area contributed by atoms with Crippen molar-refractivity contribution in [3.63, 3.8) is 0 Å². The highest BCUT2D eigenvalue weighted by Gasteiger charge is 2.49. The number of benzene rings is 1. The van der Waals surface area contributed by atoms with Crippen molar-refractivity contribution in [2.75, 3.05) is 18.4 Å². The van der Waals surface area contributed by atoms with E-state index < -0.39 is 52.4 Å². The van der Waals surface area contributed by atoms with Crippen LogP contribution in [0.15, 0.2) is 12.1 Å². The zero-order valence-electron chi connectivity index (χ0n) is 16.9. The summed E-state index contributed by atoms with van der Waals surface area (Å²) >= 11 is 0. The molecule has 1 saturated carbocycles. The molecule has 1 aromatic rings. The van der Waals surface area contributed by atoms with Crippen molar-refractivity contribution in [2.24, 2.45) is 5.92 Å². The molecule has 31 heavy (non-hydrogen) atoms. The average molecular weight is 440 g/mol. The monoisotopic (exact) mass is 440 g/mol. The highest BCUT2D eigenvalue weighted by molar-refractivity contribution is 6.07. The molecule has 5 amide bonds. The van der Waals surface area contributed by atoms with Gasteiger partial charge in [-0.15, -0.1) is 0 Å². The number of anilines is 1. The first-order valence-corrected chi connectivity index (χ1v) is 10.0. The number of carbonyl (C=O) groups excluding carboxylic acids is 4. The molecule has 1 aliphatic carbocycles. The van der Waals surface area contributed by atoms with Crippen molar-refractivity contribution in [3.8, 4) is 0 Å². The Hall–Kier alpha value is -3.11. The smallest absolute Gasteiger partial charge is 0.322 e. The van der Waals surface area contributed by atoms with Crippen LogP contribution in [0.2, 0.25) is 0 Å². The van der Waals surface area contributed by atoms with Crippen LogP contribution in [0.1, 0.15) is 39.0 Å². The predicted octanol–water partition coefficient (Wildman–Crippen LogP) is 2.05. The van der Waals surface area contributed by atoms with Crippen LogP contribution in [0.4, 0.5) is 23.7 Å². The van der Waals surface area contributed by atoms with E-state index in [2.05, 4.69) is 16.0 Å². The van der Waals surface area contributed by atoms with Crippen LogP contribution in [0.3, 0.4) is 0 Å². The molecule has 2 fully saturated rings. The van der Waals surface area contributed by atoms with Gasteiger partial charge in [0.15, 0.2) is 17.5 Å². The number of urea groups is 1. The summed E-state index contributed by atoms with van der Waals surface area (Å²) in [4.78, 5) is 50.1. The van der Waals surface area contributed by atoms with E-state index in [4.69, 9.17) is 0 Å². The molecule has 0 bridgehead atoms. The lowest BCUT2D eigenvalue weighted by molar-refractivity contribution is -0.140. The summed E-state index contributed by atoms with van der Waals surface area (Å²) in [5, 5.41) is 6.99. The molecule has 168 valence electrons. The molecule has 3 N–H and O–H groups in total. The van der Waals surface area contributed by atoms with Crippen LogP contribution < -0.4 is 16.0 Å². The maximum atomic E-state index is 13.8. The lowest BCUT2D eigenvalue weighted by atomic mass is 9.76. The number of rotatable bonds is 6. The van der Waals surface area contributed by atoms with Crippen molar-refractivity contribution in [3.05, 3.63) is 29.6 Å². The fraction of sp³-hybridized carbons (Fsp3) is 0.500. The summed E-state index contributed by atoms with van der Waals surface area (Å²) in [6.45, 7) is 1.71. The summed E-state index contributed by atoms with van der Waals surface area (Å²) in [5.41, 5.74) is -1.51. The lowest BCUT2D eigenvalue weighted by Crippen LogP contribution is -2.51. The minimum Gasteiger partial charge on any atom is -0.333 e. The quantitative estimate of drug-likeness (QED) is 0.465. The van der Waals surface area contributed by atoms with Gasteiger partial charge in [0.05, 0.1) is 12.2 Å². The van der Waals surface area contributed by atoms with Gasteiger partial charge in [-0.25, -0.2) is 18.0 Å². The largest absolute Gasteiger partial charge is 0.333 e. The van der Waals surface area contributed by atoms with E-state index in [9.17, 15) is 32.3 Å². The number of amides is 5. The minimum absolute atomic E-state index is 0.269. The van der Waals surface area contributed by atoms with Crippen LogP contribution in [0.5, 0.6) is 0 Å². The van der Waals surface area contributed by atoms with E-state index >= 15 is 0 Å². The average Bonchev–Trinajstić information content (AvgIpc) is 3.00. The molecule has 1 heterocycles. The van der Waals surface area contributed by atoms with Crippen LogP contribution in [0, 0.1) is 23.4 Å². The number of nitrogens with one attached hydrogen (secondary N) is 3. The van der Waals surface area contributed by atoms with Gasteiger partial charge in [-0.1, -0.05) is 6.92 Å². The van der Waals surface area contributed by atoms with E-state index in [1.807, 2.05) is 6.92 Å². The molecule has 2 aliphatic rings. The third kappa shape index (κ3) is 4.64. The standard InChI is InChI=1S/C20H23F3N4O4/c1-2-9-27(10-14(28)24-13-4-3-12(21)15(22)16(13)23)17(29)11-5-7-20(8-6-11)18(30)25-19(31)26-20/h3-4,11H,2,5-10H2,1H3,(H,24,28)(H2,25,26,30,31). The molecule has 1 saturated heterocycles. The summed E-state index contributed by atoms with van der Waals surface area (Å²) < 4.78 is 40.2. The Morgan fingerprint density at radius 2 is 1.84 bits per heavy atom. The van der Waals surface area contributed by atoms with E-state index in [0.717, 1.165) is 6.07 Å². The first-order chi connectivity index (χ1) is 14.7. The zero-order chi connectivity index (χ0) is 22.8. The van der Waals surface area contributed by atoms with Gasteiger partial charge in [0.2, 0.25) is 11.8 Å². The Kier molecular flexibility index (Phi) is 6.51. The van der Waals surface area contributed by atoms with Crippen molar-refractivity contribution in [1.29, 1.82) is 0 Å². The van der Waals surface area contributed by atoms with Crippen LogP contribution in [-0.4, -0.2) is 47.3 Å². The summed E-state index contributed by atoms with van der Waals surface area (Å²) in [5.74, 6) is -6.46. The number of carbonyl (C=O) groups is 4. The van der Waals surface area contributed by atoms with E-state index in [0.29, 0.717) is 38.2 Å². The first kappa shape index (κ1) is 22.6. The van der Waals surface area contributed by atoms with E-state index in [-0.39, 0.29) is 19.0 Å². The van der Waals surface area contributed by atoms with Crippen LogP contribution in [0.25, 0.3) is 0 Å². The van der Waals surface area contributed by atoms with Gasteiger partial charge in [-0.05, 0) is 44.2 Å². The van der Waals surface area contributed by atoms with Gasteiger partial charge in [-0.2, -0.15) is 0 Å². The number of nitrogens with zero attached hydrogens (tertiary/aromatic N) is 1. The highest BCUT2D eigenvalue weighted by Crippen LogP contribution is 2.35. The van der Waals surface area contributed by atoms with Crippen molar-refractivity contribution >= 4 is 29.4 Å². The molecule has 1 aromatic carbocycles. The molecule has 0 radical (unpaired) electrons. The lowest BCUT2D eigenvalue weighted by Gasteiger charge is -2.36. The molecule has 0 atom stereocenters. The number of hydrogen-bond donors (Lipinski definition) is 3. The van der Waals surface area contributed by atoms with Crippen molar-refractivity contribution < 1.29 is 32.3 Å². The molecule has 0 aromatic heterocycles. The Morgan fingerprint density at radius 1 is 1.16 bits per heavy atom. The fourth-order valence-corrected chi connectivity index (χ4v) is 4.02. The second-order valence-electron chi connectivity index (χ2n) is 7.80. The maximum Gasteiger partial charge on any atom is 0.322 e. The molecule has 11 heteroatoms. The Bertz CT molecular complexity index is 916. The molecule has 1 aliphatic heterocycles. The Balaban J connectivity index is 1.62. The fourth-order valence-electron chi connectivity index (χ4n) is 4.02. The predicted molar refractivity (Wildman–Crippen MR) is 103 cm³/mol. The topological polar surface area (TPSA) is 108 Å². The highest BCUT2D eigenvalue weighted by atomic mass is 19.2. The van der Waals surface area contributed by atoms with Crippen LogP contribution >= 0.6 is 0 Å². The van der Waals surface area contributed by atoms with E-state index in [1.54, 1.807) is 0 Å². The summed E-state index contributed by atoms with van der Waals surface area (Å²) in [6.07, 6.45) is 1.87. The number of imide groups is 1. The SMILES string of the molecule is CCCN(CC(=O)Nc1ccc(F)c(F)c1F)C(=O)C1CCC2(CC1)NC(=O)NC2=O. The zero-order valence-corrected chi connectivity index (χ0v) is 16.9. The second-order valence-corrected chi connectivity index (χ2v) is 7.80. The normalized spacial score (nSPS) is 22.8. The number of halogens is 3. The molecule has 0 unspecified atom stereocenters. The van der Waals surface area contributed by atoms with Gasteiger partial charge in [0, 0.05) is 12.5 Å². The van der Waals surface area contributed by atoms with Gasteiger partial charge in [0.25, 0.3) is 5.91 Å². The molecular weight excluding hydrogens is 417 g/mol. The molecule has 1 spiro atoms. The minimum atomic E-state index is -1.70. The van der Waals surface area contributed by atoms with E-state index in [1.165, 1.54) is 4.90 Å². The molecule has 3 rings (SSSR count). The van der Waals surface area contributed by atoms with Crippen LogP contribution in [-0.2, 0) is 14.4 Å². The third-order valence-electron chi connectivity index (χ3n) is 5.65. The van der Waals surface area contributed by atoms with Crippen molar-refractivity contribution in [1.82, 2.24) is 15.5 Å². The molecule has 8 nitrogen and oxygen atoms in total. The summed E-state index contributed by atoms with van der Waals surface area (Å²) in [6, 6.07) is 1.04. The summed E-state index contributed by atoms with van der Waals surface area (Å²) in [7, 11) is 0. The first-order valence-electron chi connectivity index (χ1n) is 10.0. The third-order valence-corrected chi connectivity index (χ3v) is 5.65. The number of hydrogen-bond acceptors (Lipinski definition) is 4. The Labute approximate surface area is 176 Å². The molecular formula is C20H23F3N4O4. The van der Waals surface area contributed by atoms with Gasteiger partial charge < -0.3 is 15.5 Å². The maximum absolute atomic E-state index is 13.8. The van der Waals surface area contributed by atoms with Gasteiger partial charge >= 0.3 is 6.03 Å². The van der Waals surface area contributed by atoms with Gasteiger partial charge in [0.1, 0.15) is 5.54 Å².